The van der Waals surface area contributed by atoms with Gasteiger partial charge in [-0.2, -0.15) is 0 Å². The summed E-state index contributed by atoms with van der Waals surface area (Å²) in [6.07, 6.45) is 3.82. The van der Waals surface area contributed by atoms with Crippen molar-refractivity contribution in [2.24, 2.45) is 16.7 Å². The number of carbonyl (C=O) groups excluding carboxylic acids is 2. The van der Waals surface area contributed by atoms with Gasteiger partial charge in [0.1, 0.15) is 5.75 Å². The highest BCUT2D eigenvalue weighted by molar-refractivity contribution is 6.29. The van der Waals surface area contributed by atoms with Crippen molar-refractivity contribution in [3.8, 4) is 5.75 Å². The molecule has 3 aliphatic carbocycles. The number of benzene rings is 2. The summed E-state index contributed by atoms with van der Waals surface area (Å²) in [5, 5.41) is 10.3. The van der Waals surface area contributed by atoms with Gasteiger partial charge in [-0.1, -0.05) is 45.4 Å². The number of aromatic hydroxyl groups is 1. The molecule has 2 aromatic rings. The molecule has 1 saturated carbocycles. The average molecular weight is 447 g/mol. The van der Waals surface area contributed by atoms with Crippen LogP contribution < -0.4 is 0 Å². The molecule has 1 aliphatic heterocycles. The monoisotopic (exact) mass is 446 g/mol. The lowest BCUT2D eigenvalue weighted by molar-refractivity contribution is -0.132. The van der Waals surface area contributed by atoms with Crippen molar-refractivity contribution in [3.63, 3.8) is 0 Å². The van der Waals surface area contributed by atoms with E-state index in [9.17, 15) is 14.7 Å². The lowest BCUT2D eigenvalue weighted by Crippen LogP contribution is -2.52. The Labute approximate surface area is 194 Å². The van der Waals surface area contributed by atoms with Gasteiger partial charge in [0.25, 0.3) is 0 Å². The normalized spacial score (nSPS) is 30.4. The topological polar surface area (TPSA) is 72.8 Å². The highest BCUT2D eigenvalue weighted by Crippen LogP contribution is 2.63. The summed E-state index contributed by atoms with van der Waals surface area (Å²) >= 11 is 0. The molecule has 2 aromatic carbocycles. The second-order valence-electron chi connectivity index (χ2n) is 11.1. The summed E-state index contributed by atoms with van der Waals surface area (Å²) in [5.41, 5.74) is 3.47. The highest BCUT2D eigenvalue weighted by Gasteiger charge is 2.57. The first kappa shape index (κ1) is 21.1. The SMILES string of the molecule is CC1(C)CCC[C@]2(C)[C@@H](C3OCCO3)c3ccc4c(c3C[C@@H]12)C(=O)c1cccc(O)c1C4=O. The van der Waals surface area contributed by atoms with Crippen molar-refractivity contribution in [1.29, 1.82) is 0 Å². The third-order valence-corrected chi connectivity index (χ3v) is 8.98. The van der Waals surface area contributed by atoms with Crippen LogP contribution in [0.5, 0.6) is 5.75 Å². The van der Waals surface area contributed by atoms with Crippen molar-refractivity contribution < 1.29 is 24.2 Å². The van der Waals surface area contributed by atoms with Gasteiger partial charge >= 0.3 is 0 Å². The van der Waals surface area contributed by atoms with Crippen molar-refractivity contribution in [3.05, 3.63) is 63.7 Å². The Morgan fingerprint density at radius 3 is 2.36 bits per heavy atom. The van der Waals surface area contributed by atoms with Crippen molar-refractivity contribution in [1.82, 2.24) is 0 Å². The smallest absolute Gasteiger partial charge is 0.198 e. The fourth-order valence-corrected chi connectivity index (χ4v) is 7.49. The Bertz CT molecular complexity index is 1190. The molecular formula is C28H30O5. The van der Waals surface area contributed by atoms with Crippen LogP contribution in [0.2, 0.25) is 0 Å². The van der Waals surface area contributed by atoms with E-state index in [2.05, 4.69) is 20.8 Å². The van der Waals surface area contributed by atoms with E-state index in [-0.39, 0.29) is 45.9 Å². The van der Waals surface area contributed by atoms with E-state index in [0.717, 1.165) is 36.8 Å². The lowest BCUT2D eigenvalue weighted by Gasteiger charge is -2.58. The fraction of sp³-hybridized carbons (Fsp3) is 0.500. The van der Waals surface area contributed by atoms with E-state index >= 15 is 0 Å². The van der Waals surface area contributed by atoms with Crippen molar-refractivity contribution >= 4 is 11.6 Å². The number of ether oxygens (including phenoxy) is 2. The molecule has 1 N–H and O–H groups in total. The number of phenolic OH excluding ortho intramolecular Hbond substituents is 1. The Hall–Kier alpha value is -2.50. The molecule has 1 heterocycles. The van der Waals surface area contributed by atoms with Gasteiger partial charge in [-0.25, -0.2) is 0 Å². The highest BCUT2D eigenvalue weighted by atomic mass is 16.7. The van der Waals surface area contributed by atoms with E-state index in [1.807, 2.05) is 6.07 Å². The maximum Gasteiger partial charge on any atom is 0.198 e. The molecule has 0 bridgehead atoms. The minimum atomic E-state index is -0.339. The molecular weight excluding hydrogens is 416 g/mol. The maximum atomic E-state index is 13.8. The van der Waals surface area contributed by atoms with Gasteiger partial charge in [0.2, 0.25) is 0 Å². The molecule has 33 heavy (non-hydrogen) atoms. The predicted molar refractivity (Wildman–Crippen MR) is 123 cm³/mol. The first-order chi connectivity index (χ1) is 15.7. The molecule has 172 valence electrons. The second-order valence-corrected chi connectivity index (χ2v) is 11.1. The first-order valence-corrected chi connectivity index (χ1v) is 12.0. The number of phenols is 1. The molecule has 6 rings (SSSR count). The zero-order valence-corrected chi connectivity index (χ0v) is 19.4. The minimum Gasteiger partial charge on any atom is -0.507 e. The standard InChI is InChI=1S/C28H30O5/c1-27(2)10-5-11-28(3)20(27)14-18-15(23(28)26-32-12-13-33-26)8-9-17-21(18)24(30)16-6-4-7-19(29)22(16)25(17)31/h4,6-9,20,23,26,29H,5,10-14H2,1-3H3/t20-,23+,28-/m0/s1. The molecule has 3 atom stereocenters. The van der Waals surface area contributed by atoms with E-state index in [1.54, 1.807) is 18.2 Å². The Balaban J connectivity index is 1.60. The molecule has 5 nitrogen and oxygen atoms in total. The zero-order valence-electron chi connectivity index (χ0n) is 19.4. The molecule has 0 amide bonds. The summed E-state index contributed by atoms with van der Waals surface area (Å²) in [5.74, 6) is -0.241. The van der Waals surface area contributed by atoms with E-state index in [1.165, 1.54) is 6.07 Å². The molecule has 0 radical (unpaired) electrons. The summed E-state index contributed by atoms with van der Waals surface area (Å²) in [7, 11) is 0. The second kappa shape index (κ2) is 7.00. The zero-order chi connectivity index (χ0) is 23.1. The van der Waals surface area contributed by atoms with Gasteiger partial charge < -0.3 is 14.6 Å². The molecule has 0 aromatic heterocycles. The third-order valence-electron chi connectivity index (χ3n) is 8.98. The Kier molecular flexibility index (Phi) is 4.47. The number of carbonyl (C=O) groups is 2. The van der Waals surface area contributed by atoms with Gasteiger partial charge in [0.05, 0.1) is 18.8 Å². The van der Waals surface area contributed by atoms with E-state index in [4.69, 9.17) is 9.47 Å². The first-order valence-electron chi connectivity index (χ1n) is 12.0. The Morgan fingerprint density at radius 1 is 0.909 bits per heavy atom. The molecule has 4 aliphatic rings. The molecule has 1 saturated heterocycles. The van der Waals surface area contributed by atoms with Gasteiger partial charge in [-0.15, -0.1) is 0 Å². The summed E-state index contributed by atoms with van der Waals surface area (Å²) in [6, 6.07) is 8.54. The van der Waals surface area contributed by atoms with Crippen LogP contribution in [0, 0.1) is 16.7 Å². The lowest BCUT2D eigenvalue weighted by atomic mass is 9.47. The molecule has 0 spiro atoms. The molecule has 5 heteroatoms. The number of hydrogen-bond donors (Lipinski definition) is 1. The number of hydrogen-bond acceptors (Lipinski definition) is 5. The summed E-state index contributed by atoms with van der Waals surface area (Å²) in [6.45, 7) is 8.20. The van der Waals surface area contributed by atoms with Crippen LogP contribution in [0.3, 0.4) is 0 Å². The van der Waals surface area contributed by atoms with Crippen LogP contribution in [-0.2, 0) is 15.9 Å². The summed E-state index contributed by atoms with van der Waals surface area (Å²) in [4.78, 5) is 27.2. The van der Waals surface area contributed by atoms with Crippen molar-refractivity contribution in [2.45, 2.75) is 58.7 Å². The van der Waals surface area contributed by atoms with Gasteiger partial charge in [0, 0.05) is 22.6 Å². The van der Waals surface area contributed by atoms with Crippen molar-refractivity contribution in [2.75, 3.05) is 13.2 Å². The van der Waals surface area contributed by atoms with Crippen LogP contribution in [0.1, 0.15) is 88.9 Å². The predicted octanol–water partition coefficient (Wildman–Crippen LogP) is 5.01. The average Bonchev–Trinajstić information content (AvgIpc) is 3.29. The van der Waals surface area contributed by atoms with E-state index < -0.39 is 0 Å². The fourth-order valence-electron chi connectivity index (χ4n) is 7.49. The van der Waals surface area contributed by atoms with Gasteiger partial charge in [-0.3, -0.25) is 9.59 Å². The van der Waals surface area contributed by atoms with E-state index in [0.29, 0.717) is 35.8 Å². The van der Waals surface area contributed by atoms with Crippen LogP contribution in [0.25, 0.3) is 0 Å². The number of ketones is 2. The van der Waals surface area contributed by atoms with Crippen LogP contribution in [0.15, 0.2) is 30.3 Å². The van der Waals surface area contributed by atoms with Crippen LogP contribution in [0.4, 0.5) is 0 Å². The summed E-state index contributed by atoms with van der Waals surface area (Å²) < 4.78 is 12.2. The van der Waals surface area contributed by atoms with Gasteiger partial charge in [0.15, 0.2) is 17.9 Å². The third kappa shape index (κ3) is 2.79. The molecule has 0 unspecified atom stereocenters. The van der Waals surface area contributed by atoms with Gasteiger partial charge in [-0.05, 0) is 59.3 Å². The number of rotatable bonds is 1. The minimum absolute atomic E-state index is 0.00657. The number of fused-ring (bicyclic) bond motifs is 5. The van der Waals surface area contributed by atoms with Crippen LogP contribution >= 0.6 is 0 Å². The largest absolute Gasteiger partial charge is 0.507 e. The quantitative estimate of drug-likeness (QED) is 0.569. The van der Waals surface area contributed by atoms with Crippen LogP contribution in [-0.4, -0.2) is 36.2 Å². The maximum absolute atomic E-state index is 13.8. The Morgan fingerprint density at radius 2 is 1.61 bits per heavy atom. The molecule has 2 fully saturated rings.